The Hall–Kier alpha value is -3.21. The fourth-order valence-electron chi connectivity index (χ4n) is 3.85. The third-order valence-electron chi connectivity index (χ3n) is 5.58. The molecule has 0 radical (unpaired) electrons. The number of nitriles is 1. The summed E-state index contributed by atoms with van der Waals surface area (Å²) in [5.41, 5.74) is 2.30. The summed E-state index contributed by atoms with van der Waals surface area (Å²) in [6, 6.07) is 11.8. The Morgan fingerprint density at radius 2 is 2.27 bits per heavy atom. The van der Waals surface area contributed by atoms with Crippen LogP contribution in [0.5, 0.6) is 0 Å². The molecule has 2 aliphatic rings. The van der Waals surface area contributed by atoms with Crippen LogP contribution in [0, 0.1) is 11.3 Å². The number of nitrogens with one attached hydrogen (secondary N) is 3. The van der Waals surface area contributed by atoms with Gasteiger partial charge in [0.1, 0.15) is 11.8 Å². The molecular formula is C23H25N5O2. The van der Waals surface area contributed by atoms with Gasteiger partial charge in [-0.05, 0) is 62.1 Å². The molecule has 1 fully saturated rings. The van der Waals surface area contributed by atoms with Gasteiger partial charge in [-0.1, -0.05) is 12.1 Å². The zero-order chi connectivity index (χ0) is 21.1. The number of allylic oxidation sites excluding steroid dienone is 1. The van der Waals surface area contributed by atoms with Gasteiger partial charge in [0.25, 0.3) is 0 Å². The number of amides is 1. The Labute approximate surface area is 175 Å². The van der Waals surface area contributed by atoms with E-state index in [9.17, 15) is 15.2 Å². The maximum Gasteiger partial charge on any atom is 0.228 e. The van der Waals surface area contributed by atoms with E-state index >= 15 is 0 Å². The van der Waals surface area contributed by atoms with Gasteiger partial charge in [-0.25, -0.2) is 0 Å². The second-order valence-electron chi connectivity index (χ2n) is 8.00. The predicted octanol–water partition coefficient (Wildman–Crippen LogP) is 2.01. The zero-order valence-corrected chi connectivity index (χ0v) is 16.9. The highest BCUT2D eigenvalue weighted by atomic mass is 16.3. The summed E-state index contributed by atoms with van der Waals surface area (Å²) >= 11 is 0. The van der Waals surface area contributed by atoms with Gasteiger partial charge in [-0.2, -0.15) is 5.26 Å². The molecule has 0 spiro atoms. The normalized spacial score (nSPS) is 20.8. The summed E-state index contributed by atoms with van der Waals surface area (Å²) in [7, 11) is 0. The van der Waals surface area contributed by atoms with Crippen molar-refractivity contribution in [3.8, 4) is 6.07 Å². The molecule has 2 aromatic rings. The van der Waals surface area contributed by atoms with Crippen LogP contribution in [0.4, 0.5) is 0 Å². The predicted molar refractivity (Wildman–Crippen MR) is 114 cm³/mol. The fraction of sp³-hybridized carbons (Fsp3) is 0.348. The maximum absolute atomic E-state index is 12.6. The number of pyridine rings is 1. The average Bonchev–Trinajstić information content (AvgIpc) is 2.70. The van der Waals surface area contributed by atoms with Gasteiger partial charge in [0.15, 0.2) is 0 Å². The third-order valence-corrected chi connectivity index (χ3v) is 5.58. The lowest BCUT2D eigenvalue weighted by Crippen LogP contribution is -2.56. The van der Waals surface area contributed by atoms with E-state index in [2.05, 4.69) is 27.0 Å². The number of fused-ring (bicyclic) bond motifs is 1. The average molecular weight is 403 g/mol. The molecular weight excluding hydrogens is 378 g/mol. The molecule has 7 nitrogen and oxygen atoms in total. The van der Waals surface area contributed by atoms with Gasteiger partial charge in [0.2, 0.25) is 5.91 Å². The molecule has 1 aromatic heterocycles. The monoisotopic (exact) mass is 403 g/mol. The fourth-order valence-corrected chi connectivity index (χ4v) is 3.85. The summed E-state index contributed by atoms with van der Waals surface area (Å²) in [6.45, 7) is 1.94. The number of hydrogen-bond donors (Lipinski definition) is 4. The van der Waals surface area contributed by atoms with Crippen molar-refractivity contribution in [1.29, 1.82) is 5.26 Å². The highest BCUT2D eigenvalue weighted by Crippen LogP contribution is 2.31. The van der Waals surface area contributed by atoms with E-state index in [1.165, 1.54) is 0 Å². The molecule has 1 aliphatic carbocycles. The Morgan fingerprint density at radius 3 is 3.00 bits per heavy atom. The first-order valence-corrected chi connectivity index (χ1v) is 10.2. The third kappa shape index (κ3) is 4.35. The number of carbonyl (C=O) groups is 1. The van der Waals surface area contributed by atoms with Crippen LogP contribution in [0.15, 0.2) is 60.1 Å². The van der Waals surface area contributed by atoms with Gasteiger partial charge in [-0.15, -0.1) is 0 Å². The molecule has 0 saturated heterocycles. The SMILES string of the molecule is CC1C=C(NC(=O)Cc2ccc3ncccc3c2)C=C(C(O)NC2(C#N)CCC2)N1. The molecule has 1 aliphatic heterocycles. The van der Waals surface area contributed by atoms with Gasteiger partial charge in [-0.3, -0.25) is 15.1 Å². The molecule has 2 atom stereocenters. The van der Waals surface area contributed by atoms with Gasteiger partial charge in [0, 0.05) is 23.3 Å². The number of aliphatic hydroxyl groups is 1. The van der Waals surface area contributed by atoms with Gasteiger partial charge < -0.3 is 15.7 Å². The van der Waals surface area contributed by atoms with Crippen LogP contribution in [0.2, 0.25) is 0 Å². The van der Waals surface area contributed by atoms with E-state index in [0.717, 1.165) is 35.7 Å². The lowest BCUT2D eigenvalue weighted by molar-refractivity contribution is -0.119. The van der Waals surface area contributed by atoms with Crippen molar-refractivity contribution in [3.63, 3.8) is 0 Å². The smallest absolute Gasteiger partial charge is 0.228 e. The molecule has 1 amide bonds. The number of nitrogens with zero attached hydrogens (tertiary/aromatic N) is 2. The molecule has 1 aromatic carbocycles. The first-order valence-electron chi connectivity index (χ1n) is 10.2. The van der Waals surface area contributed by atoms with E-state index in [0.29, 0.717) is 11.4 Å². The van der Waals surface area contributed by atoms with E-state index in [-0.39, 0.29) is 18.4 Å². The first-order chi connectivity index (χ1) is 14.5. The van der Waals surface area contributed by atoms with E-state index < -0.39 is 11.8 Å². The number of aliphatic hydroxyl groups excluding tert-OH is 1. The van der Waals surface area contributed by atoms with Crippen molar-refractivity contribution in [2.24, 2.45) is 0 Å². The molecule has 30 heavy (non-hydrogen) atoms. The minimum atomic E-state index is -0.999. The van der Waals surface area contributed by atoms with Crippen molar-refractivity contribution in [1.82, 2.24) is 20.9 Å². The largest absolute Gasteiger partial charge is 0.379 e. The number of hydrogen-bond acceptors (Lipinski definition) is 6. The van der Waals surface area contributed by atoms with Gasteiger partial charge >= 0.3 is 0 Å². The second kappa shape index (κ2) is 8.27. The lowest BCUT2D eigenvalue weighted by atomic mass is 9.78. The van der Waals surface area contributed by atoms with Crippen LogP contribution in [-0.4, -0.2) is 33.8 Å². The van der Waals surface area contributed by atoms with Crippen LogP contribution in [0.25, 0.3) is 10.9 Å². The Balaban J connectivity index is 1.42. The summed E-state index contributed by atoms with van der Waals surface area (Å²) in [5.74, 6) is -0.135. The molecule has 2 heterocycles. The quantitative estimate of drug-likeness (QED) is 0.549. The maximum atomic E-state index is 12.6. The number of rotatable bonds is 6. The highest BCUT2D eigenvalue weighted by Gasteiger charge is 2.39. The number of aromatic nitrogens is 1. The molecule has 4 rings (SSSR count). The molecule has 1 saturated carbocycles. The van der Waals surface area contributed by atoms with E-state index in [4.69, 9.17) is 0 Å². The lowest BCUT2D eigenvalue weighted by Gasteiger charge is -2.39. The second-order valence-corrected chi connectivity index (χ2v) is 8.00. The van der Waals surface area contributed by atoms with Crippen LogP contribution >= 0.6 is 0 Å². The summed E-state index contributed by atoms with van der Waals surface area (Å²) in [5, 5.41) is 30.1. The summed E-state index contributed by atoms with van der Waals surface area (Å²) < 4.78 is 0. The number of benzene rings is 1. The number of dihydropyridines is 1. The molecule has 2 unspecified atom stereocenters. The Morgan fingerprint density at radius 1 is 1.43 bits per heavy atom. The minimum absolute atomic E-state index is 0.0667. The van der Waals surface area contributed by atoms with Crippen LogP contribution in [-0.2, 0) is 11.2 Å². The Kier molecular flexibility index (Phi) is 5.53. The van der Waals surface area contributed by atoms with E-state index in [1.807, 2.05) is 43.3 Å². The molecule has 154 valence electrons. The highest BCUT2D eigenvalue weighted by molar-refractivity contribution is 5.84. The molecule has 7 heteroatoms. The van der Waals surface area contributed by atoms with Crippen molar-refractivity contribution in [3.05, 3.63) is 65.6 Å². The summed E-state index contributed by atoms with van der Waals surface area (Å²) in [6.07, 6.45) is 7.02. The topological polar surface area (TPSA) is 110 Å². The van der Waals surface area contributed by atoms with Crippen molar-refractivity contribution in [2.75, 3.05) is 0 Å². The molecule has 0 bridgehead atoms. The van der Waals surface area contributed by atoms with Crippen LogP contribution < -0.4 is 16.0 Å². The number of carbonyl (C=O) groups excluding carboxylic acids is 1. The minimum Gasteiger partial charge on any atom is -0.379 e. The van der Waals surface area contributed by atoms with Crippen molar-refractivity contribution in [2.45, 2.75) is 50.4 Å². The van der Waals surface area contributed by atoms with Crippen LogP contribution in [0.1, 0.15) is 31.7 Å². The van der Waals surface area contributed by atoms with Crippen LogP contribution in [0.3, 0.4) is 0 Å². The first kappa shape index (κ1) is 20.1. The van der Waals surface area contributed by atoms with E-state index in [1.54, 1.807) is 12.3 Å². The van der Waals surface area contributed by atoms with Crippen molar-refractivity contribution >= 4 is 16.8 Å². The molecule has 4 N–H and O–H groups in total. The Bertz CT molecular complexity index is 1060. The van der Waals surface area contributed by atoms with Crippen molar-refractivity contribution < 1.29 is 9.90 Å². The van der Waals surface area contributed by atoms with Gasteiger partial charge in [0.05, 0.1) is 23.7 Å². The standard InChI is InChI=1S/C23H25N5O2/c1-15-10-18(13-20(26-15)22(30)28-23(14-24)7-3-8-23)27-21(29)12-16-5-6-19-17(11-16)4-2-9-25-19/h2,4-6,9-11,13,15,22,26,28,30H,3,7-8,12H2,1H3,(H,27,29). The zero-order valence-electron chi connectivity index (χ0n) is 16.9. The summed E-state index contributed by atoms with van der Waals surface area (Å²) in [4.78, 5) is 16.9.